The fraction of sp³-hybridized carbons (Fsp3) is 0.333. The van der Waals surface area contributed by atoms with E-state index in [1.807, 2.05) is 6.07 Å². The van der Waals surface area contributed by atoms with Crippen molar-refractivity contribution in [2.75, 3.05) is 18.4 Å². The van der Waals surface area contributed by atoms with Crippen molar-refractivity contribution in [3.05, 3.63) is 35.0 Å². The summed E-state index contributed by atoms with van der Waals surface area (Å²) in [5, 5.41) is 7.58. The molecule has 0 radical (unpaired) electrons. The van der Waals surface area contributed by atoms with Crippen molar-refractivity contribution >= 4 is 22.9 Å². The zero-order valence-electron chi connectivity index (χ0n) is 8.39. The molecular weight excluding hydrogens is 208 g/mol. The van der Waals surface area contributed by atoms with Crippen molar-refractivity contribution < 1.29 is 0 Å². The van der Waals surface area contributed by atoms with Crippen LogP contribution in [-0.2, 0) is 0 Å². The molecule has 1 aromatic carbocycles. The van der Waals surface area contributed by atoms with Gasteiger partial charge in [0, 0.05) is 41.5 Å². The minimum atomic E-state index is 0.636. The van der Waals surface area contributed by atoms with Crippen LogP contribution in [0.15, 0.2) is 24.4 Å². The maximum atomic E-state index is 6.03. The molecule has 2 aliphatic heterocycles. The van der Waals surface area contributed by atoms with E-state index in [0.29, 0.717) is 5.92 Å². The van der Waals surface area contributed by atoms with Crippen LogP contribution in [-0.4, -0.2) is 13.1 Å². The Bertz CT molecular complexity index is 426. The van der Waals surface area contributed by atoms with Crippen LogP contribution in [0.5, 0.6) is 0 Å². The molecule has 0 saturated heterocycles. The van der Waals surface area contributed by atoms with E-state index in [0.717, 1.165) is 18.1 Å². The van der Waals surface area contributed by atoms with E-state index in [4.69, 9.17) is 11.6 Å². The van der Waals surface area contributed by atoms with E-state index < -0.39 is 0 Å². The van der Waals surface area contributed by atoms with Gasteiger partial charge < -0.3 is 10.6 Å². The number of hydrogen-bond acceptors (Lipinski definition) is 2. The number of halogens is 1. The third-order valence-corrected chi connectivity index (χ3v) is 3.40. The Kier molecular flexibility index (Phi) is 2.10. The monoisotopic (exact) mass is 220 g/mol. The molecule has 1 atom stereocenters. The van der Waals surface area contributed by atoms with Gasteiger partial charge in [-0.1, -0.05) is 11.6 Å². The Labute approximate surface area is 94.3 Å². The highest BCUT2D eigenvalue weighted by Gasteiger charge is 2.25. The lowest BCUT2D eigenvalue weighted by atomic mass is 9.85. The topological polar surface area (TPSA) is 24.1 Å². The van der Waals surface area contributed by atoms with Crippen LogP contribution in [0.3, 0.4) is 0 Å². The molecule has 0 amide bonds. The zero-order valence-corrected chi connectivity index (χ0v) is 9.14. The second-order valence-corrected chi connectivity index (χ2v) is 4.55. The molecule has 2 N–H and O–H groups in total. The lowest BCUT2D eigenvalue weighted by Crippen LogP contribution is -2.29. The van der Waals surface area contributed by atoms with Crippen LogP contribution >= 0.6 is 11.6 Å². The maximum Gasteiger partial charge on any atom is 0.0418 e. The first-order chi connectivity index (χ1) is 7.34. The summed E-state index contributed by atoms with van der Waals surface area (Å²) in [6.45, 7) is 2.12. The summed E-state index contributed by atoms with van der Waals surface area (Å²) in [6, 6.07) is 6.04. The number of hydrogen-bond donors (Lipinski definition) is 2. The van der Waals surface area contributed by atoms with Crippen LogP contribution in [0.2, 0.25) is 5.02 Å². The van der Waals surface area contributed by atoms with Gasteiger partial charge in [-0.15, -0.1) is 0 Å². The van der Waals surface area contributed by atoms with Crippen molar-refractivity contribution in [1.82, 2.24) is 5.32 Å². The Morgan fingerprint density at radius 1 is 1.33 bits per heavy atom. The van der Waals surface area contributed by atoms with E-state index >= 15 is 0 Å². The van der Waals surface area contributed by atoms with Crippen LogP contribution < -0.4 is 10.6 Å². The van der Waals surface area contributed by atoms with Gasteiger partial charge in [0.15, 0.2) is 0 Å². The third kappa shape index (κ3) is 1.49. The van der Waals surface area contributed by atoms with Crippen LogP contribution in [0.1, 0.15) is 12.0 Å². The molecule has 2 aliphatic rings. The molecular formula is C12H13ClN2. The fourth-order valence-electron chi connectivity index (χ4n) is 2.37. The second kappa shape index (κ2) is 3.46. The summed E-state index contributed by atoms with van der Waals surface area (Å²) in [5.41, 5.74) is 3.86. The van der Waals surface area contributed by atoms with Crippen molar-refractivity contribution in [2.24, 2.45) is 5.92 Å². The van der Waals surface area contributed by atoms with Gasteiger partial charge in [-0.2, -0.15) is 0 Å². The van der Waals surface area contributed by atoms with Crippen molar-refractivity contribution in [1.29, 1.82) is 0 Å². The molecule has 2 heterocycles. The Hall–Kier alpha value is -1.15. The predicted octanol–water partition coefficient (Wildman–Crippen LogP) is 2.72. The van der Waals surface area contributed by atoms with Crippen molar-refractivity contribution in [2.45, 2.75) is 6.42 Å². The minimum Gasteiger partial charge on any atom is -0.391 e. The Morgan fingerprint density at radius 3 is 3.20 bits per heavy atom. The molecule has 3 heteroatoms. The van der Waals surface area contributed by atoms with E-state index in [-0.39, 0.29) is 0 Å². The summed E-state index contributed by atoms with van der Waals surface area (Å²) in [5.74, 6) is 0.636. The number of fused-ring (bicyclic) bond motifs is 3. The van der Waals surface area contributed by atoms with E-state index in [1.165, 1.54) is 23.2 Å². The van der Waals surface area contributed by atoms with Gasteiger partial charge >= 0.3 is 0 Å². The normalized spacial score (nSPS) is 23.0. The lowest BCUT2D eigenvalue weighted by molar-refractivity contribution is 0.579. The van der Waals surface area contributed by atoms with Gasteiger partial charge in [-0.05, 0) is 30.2 Å². The van der Waals surface area contributed by atoms with Gasteiger partial charge in [-0.3, -0.25) is 0 Å². The predicted molar refractivity (Wildman–Crippen MR) is 64.0 cm³/mol. The molecule has 2 nitrogen and oxygen atoms in total. The largest absolute Gasteiger partial charge is 0.391 e. The molecule has 0 spiro atoms. The van der Waals surface area contributed by atoms with E-state index in [1.54, 1.807) is 0 Å². The van der Waals surface area contributed by atoms with Gasteiger partial charge in [0.2, 0.25) is 0 Å². The number of benzene rings is 1. The van der Waals surface area contributed by atoms with E-state index in [9.17, 15) is 0 Å². The molecule has 1 unspecified atom stereocenters. The highest BCUT2D eigenvalue weighted by atomic mass is 35.5. The summed E-state index contributed by atoms with van der Waals surface area (Å²) < 4.78 is 0. The lowest BCUT2D eigenvalue weighted by Gasteiger charge is -2.32. The highest BCUT2D eigenvalue weighted by Crippen LogP contribution is 2.38. The smallest absolute Gasteiger partial charge is 0.0418 e. The SMILES string of the molecule is Clc1ccc2c(c1)C1=CNCCC1CN2. The van der Waals surface area contributed by atoms with Crippen molar-refractivity contribution in [3.8, 4) is 0 Å². The minimum absolute atomic E-state index is 0.636. The Balaban J connectivity index is 2.12. The summed E-state index contributed by atoms with van der Waals surface area (Å²) in [4.78, 5) is 0. The van der Waals surface area contributed by atoms with Gasteiger partial charge in [0.25, 0.3) is 0 Å². The molecule has 15 heavy (non-hydrogen) atoms. The molecule has 0 saturated carbocycles. The number of nitrogens with one attached hydrogen (secondary N) is 2. The third-order valence-electron chi connectivity index (χ3n) is 3.17. The molecule has 1 aromatic rings. The van der Waals surface area contributed by atoms with Crippen LogP contribution in [0.25, 0.3) is 5.57 Å². The molecule has 0 aliphatic carbocycles. The standard InChI is InChI=1S/C12H13ClN2/c13-9-1-2-12-10(5-9)11-7-14-4-3-8(11)6-15-12/h1-2,5,7-8,14-15H,3-4,6H2. The summed E-state index contributed by atoms with van der Waals surface area (Å²) >= 11 is 6.03. The first kappa shape index (κ1) is 9.10. The zero-order chi connectivity index (χ0) is 10.3. The van der Waals surface area contributed by atoms with Gasteiger partial charge in [0.05, 0.1) is 0 Å². The first-order valence-corrected chi connectivity index (χ1v) is 5.69. The van der Waals surface area contributed by atoms with Crippen LogP contribution in [0, 0.1) is 5.92 Å². The first-order valence-electron chi connectivity index (χ1n) is 5.32. The highest BCUT2D eigenvalue weighted by molar-refractivity contribution is 6.30. The molecule has 0 aromatic heterocycles. The quantitative estimate of drug-likeness (QED) is 0.703. The summed E-state index contributed by atoms with van der Waals surface area (Å²) in [6.07, 6.45) is 3.34. The second-order valence-electron chi connectivity index (χ2n) is 4.11. The van der Waals surface area contributed by atoms with Gasteiger partial charge in [0.1, 0.15) is 0 Å². The molecule has 0 bridgehead atoms. The van der Waals surface area contributed by atoms with Crippen LogP contribution in [0.4, 0.5) is 5.69 Å². The number of rotatable bonds is 0. The molecule has 0 fully saturated rings. The molecule has 3 rings (SSSR count). The Morgan fingerprint density at radius 2 is 2.27 bits per heavy atom. The summed E-state index contributed by atoms with van der Waals surface area (Å²) in [7, 11) is 0. The van der Waals surface area contributed by atoms with E-state index in [2.05, 4.69) is 29.0 Å². The molecule has 78 valence electrons. The van der Waals surface area contributed by atoms with Gasteiger partial charge in [-0.25, -0.2) is 0 Å². The average molecular weight is 221 g/mol. The fourth-order valence-corrected chi connectivity index (χ4v) is 2.54. The average Bonchev–Trinajstić information content (AvgIpc) is 2.29. The maximum absolute atomic E-state index is 6.03. The van der Waals surface area contributed by atoms with Crippen molar-refractivity contribution in [3.63, 3.8) is 0 Å². The number of anilines is 1.